The van der Waals surface area contributed by atoms with Crippen LogP contribution >= 0.6 is 0 Å². The van der Waals surface area contributed by atoms with E-state index in [1.54, 1.807) is 7.05 Å². The number of carbonyl (C=O) groups excluding carboxylic acids is 1. The van der Waals surface area contributed by atoms with Crippen LogP contribution in [0.1, 0.15) is 25.7 Å². The van der Waals surface area contributed by atoms with Crippen molar-refractivity contribution in [2.45, 2.75) is 25.7 Å². The minimum Gasteiger partial charge on any atom is -0.480 e. The van der Waals surface area contributed by atoms with Crippen molar-refractivity contribution in [2.75, 3.05) is 26.8 Å². The van der Waals surface area contributed by atoms with Crippen molar-refractivity contribution in [3.63, 3.8) is 0 Å². The van der Waals surface area contributed by atoms with Crippen molar-refractivity contribution in [1.29, 1.82) is 0 Å². The second kappa shape index (κ2) is 4.64. The van der Waals surface area contributed by atoms with Gasteiger partial charge in [-0.15, -0.1) is 0 Å². The molecule has 0 spiro atoms. The Hall–Kier alpha value is -1.10. The number of aliphatic carboxylic acids is 1. The molecule has 0 aromatic rings. The summed E-state index contributed by atoms with van der Waals surface area (Å²) in [5.74, 6) is -0.557. The van der Waals surface area contributed by atoms with E-state index >= 15 is 0 Å². The molecule has 0 unspecified atom stereocenters. The van der Waals surface area contributed by atoms with Gasteiger partial charge in [0, 0.05) is 20.2 Å². The molecular weight excluding hydrogens is 222 g/mol. The number of carboxylic acid groups (broad SMARTS) is 1. The molecule has 5 heteroatoms. The maximum Gasteiger partial charge on any atom is 0.319 e. The molecule has 2 fully saturated rings. The maximum absolute atomic E-state index is 11.9. The molecule has 1 amide bonds. The Morgan fingerprint density at radius 2 is 2.06 bits per heavy atom. The van der Waals surface area contributed by atoms with Crippen LogP contribution in [-0.2, 0) is 14.3 Å². The number of rotatable bonds is 7. The SMILES string of the molecule is CN(CCOCC1CC1)C(=O)C1(C(=O)O)CC1. The van der Waals surface area contributed by atoms with E-state index in [9.17, 15) is 9.59 Å². The first-order chi connectivity index (χ1) is 8.06. The van der Waals surface area contributed by atoms with E-state index in [0.29, 0.717) is 31.9 Å². The number of nitrogens with zero attached hydrogens (tertiary/aromatic N) is 1. The van der Waals surface area contributed by atoms with Gasteiger partial charge in [0.15, 0.2) is 0 Å². The normalized spacial score (nSPS) is 21.0. The van der Waals surface area contributed by atoms with Crippen LogP contribution in [-0.4, -0.2) is 48.7 Å². The molecule has 5 nitrogen and oxygen atoms in total. The zero-order chi connectivity index (χ0) is 12.5. The van der Waals surface area contributed by atoms with Gasteiger partial charge < -0.3 is 14.7 Å². The molecular formula is C12H19NO4. The van der Waals surface area contributed by atoms with Crippen LogP contribution in [0, 0.1) is 11.3 Å². The van der Waals surface area contributed by atoms with Gasteiger partial charge in [-0.1, -0.05) is 0 Å². The molecule has 2 aliphatic carbocycles. The Labute approximate surface area is 101 Å². The first kappa shape index (κ1) is 12.4. The van der Waals surface area contributed by atoms with Gasteiger partial charge in [-0.2, -0.15) is 0 Å². The number of likely N-dealkylation sites (N-methyl/N-ethyl adjacent to an activating group) is 1. The van der Waals surface area contributed by atoms with Crippen molar-refractivity contribution < 1.29 is 19.4 Å². The molecule has 2 rings (SSSR count). The molecule has 0 heterocycles. The van der Waals surface area contributed by atoms with Gasteiger partial charge in [0.1, 0.15) is 5.41 Å². The summed E-state index contributed by atoms with van der Waals surface area (Å²) in [5, 5.41) is 9.00. The summed E-state index contributed by atoms with van der Waals surface area (Å²) in [5.41, 5.74) is -1.12. The van der Waals surface area contributed by atoms with Gasteiger partial charge >= 0.3 is 5.97 Å². The highest BCUT2D eigenvalue weighted by Gasteiger charge is 2.58. The summed E-state index contributed by atoms with van der Waals surface area (Å²) in [6.07, 6.45) is 3.43. The number of hydrogen-bond donors (Lipinski definition) is 1. The average Bonchev–Trinajstić information content (AvgIpc) is 3.16. The molecule has 0 aromatic carbocycles. The van der Waals surface area contributed by atoms with Crippen LogP contribution in [0.25, 0.3) is 0 Å². The fourth-order valence-electron chi connectivity index (χ4n) is 1.85. The van der Waals surface area contributed by atoms with Crippen LogP contribution in [0.2, 0.25) is 0 Å². The van der Waals surface area contributed by atoms with Crippen LogP contribution in [0.3, 0.4) is 0 Å². The summed E-state index contributed by atoms with van der Waals surface area (Å²) >= 11 is 0. The summed E-state index contributed by atoms with van der Waals surface area (Å²) < 4.78 is 5.43. The smallest absolute Gasteiger partial charge is 0.319 e. The van der Waals surface area contributed by atoms with E-state index < -0.39 is 11.4 Å². The highest BCUT2D eigenvalue weighted by Crippen LogP contribution is 2.47. The quantitative estimate of drug-likeness (QED) is 0.527. The first-order valence-corrected chi connectivity index (χ1v) is 6.13. The van der Waals surface area contributed by atoms with E-state index in [0.717, 1.165) is 6.61 Å². The van der Waals surface area contributed by atoms with E-state index in [-0.39, 0.29) is 5.91 Å². The van der Waals surface area contributed by atoms with E-state index in [2.05, 4.69) is 0 Å². The Morgan fingerprint density at radius 3 is 2.53 bits per heavy atom. The standard InChI is InChI=1S/C12H19NO4/c1-13(6-7-17-8-9-2-3-9)10(14)12(4-5-12)11(15)16/h9H,2-8H2,1H3,(H,15,16). The summed E-state index contributed by atoms with van der Waals surface area (Å²) in [7, 11) is 1.64. The molecule has 0 aromatic heterocycles. The maximum atomic E-state index is 11.9. The number of ether oxygens (including phenoxy) is 1. The average molecular weight is 241 g/mol. The minimum absolute atomic E-state index is 0.278. The lowest BCUT2D eigenvalue weighted by molar-refractivity contribution is -0.153. The molecule has 0 atom stereocenters. The lowest BCUT2D eigenvalue weighted by Gasteiger charge is -2.20. The number of carboxylic acids is 1. The summed E-state index contributed by atoms with van der Waals surface area (Å²) in [6.45, 7) is 1.74. The highest BCUT2D eigenvalue weighted by molar-refractivity contribution is 6.04. The van der Waals surface area contributed by atoms with Gasteiger partial charge in [-0.3, -0.25) is 9.59 Å². The second-order valence-electron chi connectivity index (χ2n) is 5.13. The fourth-order valence-corrected chi connectivity index (χ4v) is 1.85. The zero-order valence-electron chi connectivity index (χ0n) is 10.1. The van der Waals surface area contributed by atoms with Crippen molar-refractivity contribution in [1.82, 2.24) is 4.90 Å². The summed E-state index contributed by atoms with van der Waals surface area (Å²) in [4.78, 5) is 24.4. The zero-order valence-corrected chi connectivity index (χ0v) is 10.1. The molecule has 17 heavy (non-hydrogen) atoms. The molecule has 2 aliphatic rings. The van der Waals surface area contributed by atoms with E-state index in [1.807, 2.05) is 0 Å². The molecule has 1 N–H and O–H groups in total. The van der Waals surface area contributed by atoms with E-state index in [4.69, 9.17) is 9.84 Å². The number of hydrogen-bond acceptors (Lipinski definition) is 3. The van der Waals surface area contributed by atoms with Gasteiger partial charge in [-0.05, 0) is 31.6 Å². The third kappa shape index (κ3) is 2.77. The fraction of sp³-hybridized carbons (Fsp3) is 0.833. The number of amides is 1. The van der Waals surface area contributed by atoms with Gasteiger partial charge in [0.05, 0.1) is 6.61 Å². The molecule has 0 aliphatic heterocycles. The van der Waals surface area contributed by atoms with E-state index in [1.165, 1.54) is 17.7 Å². The predicted molar refractivity (Wildman–Crippen MR) is 60.5 cm³/mol. The lowest BCUT2D eigenvalue weighted by atomic mass is 10.1. The number of carbonyl (C=O) groups is 2. The minimum atomic E-state index is -1.12. The molecule has 2 saturated carbocycles. The monoisotopic (exact) mass is 241 g/mol. The predicted octanol–water partition coefficient (Wildman–Crippen LogP) is 0.736. The Morgan fingerprint density at radius 1 is 1.41 bits per heavy atom. The van der Waals surface area contributed by atoms with Crippen molar-refractivity contribution >= 4 is 11.9 Å². The van der Waals surface area contributed by atoms with Gasteiger partial charge in [0.2, 0.25) is 5.91 Å². The molecule has 0 saturated heterocycles. The topological polar surface area (TPSA) is 66.8 Å². The molecule has 96 valence electrons. The van der Waals surface area contributed by atoms with Crippen LogP contribution in [0.5, 0.6) is 0 Å². The first-order valence-electron chi connectivity index (χ1n) is 6.13. The Balaban J connectivity index is 1.69. The van der Waals surface area contributed by atoms with Gasteiger partial charge in [-0.25, -0.2) is 0 Å². The summed E-state index contributed by atoms with van der Waals surface area (Å²) in [6, 6.07) is 0. The van der Waals surface area contributed by atoms with Gasteiger partial charge in [0.25, 0.3) is 0 Å². The largest absolute Gasteiger partial charge is 0.480 e. The van der Waals surface area contributed by atoms with Crippen molar-refractivity contribution in [2.24, 2.45) is 11.3 Å². The van der Waals surface area contributed by atoms with Crippen molar-refractivity contribution in [3.05, 3.63) is 0 Å². The van der Waals surface area contributed by atoms with Crippen LogP contribution in [0.15, 0.2) is 0 Å². The molecule has 0 radical (unpaired) electrons. The molecule has 0 bridgehead atoms. The Kier molecular flexibility index (Phi) is 3.38. The van der Waals surface area contributed by atoms with Crippen LogP contribution in [0.4, 0.5) is 0 Å². The van der Waals surface area contributed by atoms with Crippen molar-refractivity contribution in [3.8, 4) is 0 Å². The third-order valence-electron chi connectivity index (χ3n) is 3.54. The Bertz CT molecular complexity index is 320. The van der Waals surface area contributed by atoms with Crippen LogP contribution < -0.4 is 0 Å². The lowest BCUT2D eigenvalue weighted by Crippen LogP contribution is -2.40. The third-order valence-corrected chi connectivity index (χ3v) is 3.54. The second-order valence-corrected chi connectivity index (χ2v) is 5.13. The highest BCUT2D eigenvalue weighted by atomic mass is 16.5.